The quantitative estimate of drug-likeness (QED) is 0.254. The minimum atomic E-state index is -0.500. The minimum Gasteiger partial charge on any atom is -0.392 e. The van der Waals surface area contributed by atoms with Crippen LogP contribution in [0.25, 0.3) is 11.4 Å². The number of halogens is 1. The lowest BCUT2D eigenvalue weighted by Gasteiger charge is -2.34. The summed E-state index contributed by atoms with van der Waals surface area (Å²) in [5.74, 6) is -0.118. The van der Waals surface area contributed by atoms with E-state index in [1.165, 1.54) is 11.0 Å². The number of fused-ring (bicyclic) bond motifs is 1. The van der Waals surface area contributed by atoms with Crippen molar-refractivity contribution >= 4 is 41.3 Å². The van der Waals surface area contributed by atoms with Crippen LogP contribution in [-0.4, -0.2) is 70.0 Å². The van der Waals surface area contributed by atoms with Crippen molar-refractivity contribution in [2.75, 3.05) is 53.6 Å². The number of aromatic nitrogens is 3. The number of carbonyl (C=O) groups excluding carboxylic acids is 2. The normalized spacial score (nSPS) is 16.5. The van der Waals surface area contributed by atoms with E-state index < -0.39 is 18.3 Å². The van der Waals surface area contributed by atoms with E-state index in [2.05, 4.69) is 25.2 Å². The van der Waals surface area contributed by atoms with Crippen LogP contribution in [0.4, 0.5) is 33.3 Å². The molecule has 2 fully saturated rings. The molecule has 0 atom stereocenters. The Morgan fingerprint density at radius 2 is 1.78 bits per heavy atom. The summed E-state index contributed by atoms with van der Waals surface area (Å²) in [4.78, 5) is 43.3. The molecule has 230 valence electrons. The molecule has 11 nitrogen and oxygen atoms in total. The van der Waals surface area contributed by atoms with Crippen molar-refractivity contribution in [1.29, 1.82) is 0 Å². The molecule has 0 unspecified atom stereocenters. The number of nitrogens with zero attached hydrogens (tertiary/aromatic N) is 6. The number of hydrogen-bond donors (Lipinski definition) is 3. The minimum absolute atomic E-state index is 0.0158. The van der Waals surface area contributed by atoms with Gasteiger partial charge < -0.3 is 30.9 Å². The summed E-state index contributed by atoms with van der Waals surface area (Å²) in [6.45, 7) is 2.84. The molecule has 2 aliphatic heterocycles. The van der Waals surface area contributed by atoms with Crippen LogP contribution in [0.15, 0.2) is 54.6 Å². The highest BCUT2D eigenvalue weighted by Gasteiger charge is 2.33. The molecule has 3 aliphatic rings. The van der Waals surface area contributed by atoms with Gasteiger partial charge in [-0.2, -0.15) is 15.0 Å². The first-order chi connectivity index (χ1) is 21.9. The topological polar surface area (TPSA) is 141 Å². The maximum atomic E-state index is 15.2. The van der Waals surface area contributed by atoms with Crippen LogP contribution in [0.2, 0.25) is 0 Å². The monoisotopic (exact) mass is 608 g/mol. The molecule has 7 rings (SSSR count). The van der Waals surface area contributed by atoms with Gasteiger partial charge in [-0.25, -0.2) is 4.39 Å². The maximum Gasteiger partial charge on any atom is 0.261 e. The highest BCUT2D eigenvalue weighted by molar-refractivity contribution is 6.09. The Labute approximate surface area is 259 Å². The van der Waals surface area contributed by atoms with Gasteiger partial charge in [0.1, 0.15) is 5.82 Å². The number of amides is 2. The van der Waals surface area contributed by atoms with Crippen molar-refractivity contribution in [3.63, 3.8) is 0 Å². The van der Waals surface area contributed by atoms with Crippen LogP contribution < -0.4 is 20.9 Å². The second-order valence-electron chi connectivity index (χ2n) is 11.6. The summed E-state index contributed by atoms with van der Waals surface area (Å²) in [7, 11) is 0. The standard InChI is InChI=1S/C33H33FN8O3/c34-27-17-22(20-4-5-20)16-21-10-11-42(31(45)29(21)27)28-3-1-2-25(26(28)18-43)30-37-32(35)39-33(38-30)36-23-6-8-24(9-7-23)41-14-12-40(19-44)13-15-41/h1-3,6-9,16-17,19-20,43H,4-5,10-15,18H2,(H3,35,36,37,38,39). The van der Waals surface area contributed by atoms with Gasteiger partial charge in [-0.05, 0) is 72.7 Å². The molecular weight excluding hydrogens is 575 g/mol. The Morgan fingerprint density at radius 1 is 1.00 bits per heavy atom. The molecule has 0 spiro atoms. The first-order valence-corrected chi connectivity index (χ1v) is 15.1. The summed E-state index contributed by atoms with van der Waals surface area (Å²) < 4.78 is 15.2. The van der Waals surface area contributed by atoms with Gasteiger partial charge in [0.2, 0.25) is 18.3 Å². The van der Waals surface area contributed by atoms with Crippen LogP contribution in [-0.2, 0) is 17.8 Å². The number of hydrogen-bond acceptors (Lipinski definition) is 9. The molecule has 4 N–H and O–H groups in total. The van der Waals surface area contributed by atoms with E-state index in [0.29, 0.717) is 48.8 Å². The van der Waals surface area contributed by atoms with E-state index in [1.807, 2.05) is 30.3 Å². The van der Waals surface area contributed by atoms with Crippen LogP contribution in [0.1, 0.15) is 45.8 Å². The molecule has 12 heteroatoms. The Hall–Kier alpha value is -5.10. The summed E-state index contributed by atoms with van der Waals surface area (Å²) in [6, 6.07) is 16.5. The molecule has 1 aromatic heterocycles. The molecule has 45 heavy (non-hydrogen) atoms. The average molecular weight is 609 g/mol. The number of aliphatic hydroxyl groups excluding tert-OH is 1. The molecule has 1 saturated carbocycles. The number of piperazine rings is 1. The highest BCUT2D eigenvalue weighted by Crippen LogP contribution is 2.42. The van der Waals surface area contributed by atoms with Crippen molar-refractivity contribution < 1.29 is 19.1 Å². The van der Waals surface area contributed by atoms with Crippen LogP contribution >= 0.6 is 0 Å². The summed E-state index contributed by atoms with van der Waals surface area (Å²) in [5.41, 5.74) is 11.0. The number of rotatable bonds is 8. The van der Waals surface area contributed by atoms with Gasteiger partial charge in [-0.1, -0.05) is 18.2 Å². The van der Waals surface area contributed by atoms with E-state index in [4.69, 9.17) is 5.73 Å². The molecule has 0 radical (unpaired) electrons. The third-order valence-electron chi connectivity index (χ3n) is 8.75. The van der Waals surface area contributed by atoms with Gasteiger partial charge in [0.25, 0.3) is 5.91 Å². The molecule has 3 heterocycles. The lowest BCUT2D eigenvalue weighted by atomic mass is 9.93. The third-order valence-corrected chi connectivity index (χ3v) is 8.75. The Balaban J connectivity index is 1.14. The molecule has 1 aliphatic carbocycles. The molecule has 3 aromatic carbocycles. The average Bonchev–Trinajstić information content (AvgIpc) is 3.91. The van der Waals surface area contributed by atoms with Crippen molar-refractivity contribution in [3.05, 3.63) is 82.7 Å². The first-order valence-electron chi connectivity index (χ1n) is 15.1. The molecule has 4 aromatic rings. The van der Waals surface area contributed by atoms with Crippen molar-refractivity contribution in [3.8, 4) is 11.4 Å². The summed E-state index contributed by atoms with van der Waals surface area (Å²) in [6.07, 6.45) is 3.50. The number of carbonyl (C=O) groups is 2. The van der Waals surface area contributed by atoms with Gasteiger partial charge in [0, 0.05) is 55.2 Å². The number of aliphatic hydroxyl groups is 1. The Kier molecular flexibility index (Phi) is 7.50. The van der Waals surface area contributed by atoms with E-state index in [-0.39, 0.29) is 23.3 Å². The van der Waals surface area contributed by atoms with Crippen LogP contribution in [0.5, 0.6) is 0 Å². The van der Waals surface area contributed by atoms with Gasteiger partial charge in [-0.15, -0.1) is 0 Å². The fourth-order valence-electron chi connectivity index (χ4n) is 6.22. The van der Waals surface area contributed by atoms with Crippen molar-refractivity contribution in [2.24, 2.45) is 0 Å². The van der Waals surface area contributed by atoms with E-state index in [9.17, 15) is 14.7 Å². The largest absolute Gasteiger partial charge is 0.392 e. The van der Waals surface area contributed by atoms with Crippen LogP contribution in [0, 0.1) is 5.82 Å². The van der Waals surface area contributed by atoms with E-state index >= 15 is 4.39 Å². The molecule has 1 saturated heterocycles. The fraction of sp³-hybridized carbons (Fsp3) is 0.303. The molecule has 0 bridgehead atoms. The highest BCUT2D eigenvalue weighted by atomic mass is 19.1. The predicted octanol–water partition coefficient (Wildman–Crippen LogP) is 3.85. The second-order valence-corrected chi connectivity index (χ2v) is 11.6. The Bertz CT molecular complexity index is 1770. The number of nitrogens with one attached hydrogen (secondary N) is 1. The predicted molar refractivity (Wildman–Crippen MR) is 169 cm³/mol. The molecular formula is C33H33FN8O3. The van der Waals surface area contributed by atoms with Crippen molar-refractivity contribution in [1.82, 2.24) is 19.9 Å². The summed E-state index contributed by atoms with van der Waals surface area (Å²) in [5, 5.41) is 13.7. The van der Waals surface area contributed by atoms with E-state index in [1.54, 1.807) is 23.1 Å². The van der Waals surface area contributed by atoms with Crippen molar-refractivity contribution in [2.45, 2.75) is 31.8 Å². The Morgan fingerprint density at radius 3 is 2.49 bits per heavy atom. The van der Waals surface area contributed by atoms with Gasteiger partial charge in [-0.3, -0.25) is 9.59 Å². The maximum absolute atomic E-state index is 15.2. The number of anilines is 5. The zero-order valence-electron chi connectivity index (χ0n) is 24.6. The zero-order chi connectivity index (χ0) is 31.1. The zero-order valence-corrected chi connectivity index (χ0v) is 24.6. The number of nitrogens with two attached hydrogens (primary N) is 1. The fourth-order valence-corrected chi connectivity index (χ4v) is 6.22. The van der Waals surface area contributed by atoms with Gasteiger partial charge in [0.05, 0.1) is 17.9 Å². The third kappa shape index (κ3) is 5.64. The van der Waals surface area contributed by atoms with Gasteiger partial charge in [0.15, 0.2) is 5.82 Å². The SMILES string of the molecule is Nc1nc(Nc2ccc(N3CCN(C=O)CC3)cc2)nc(-c2cccc(N3CCc4cc(C5CC5)cc(F)c4C3=O)c2CO)n1. The molecule has 2 amide bonds. The van der Waals surface area contributed by atoms with Crippen LogP contribution in [0.3, 0.4) is 0 Å². The number of benzene rings is 3. The van der Waals surface area contributed by atoms with Gasteiger partial charge >= 0.3 is 0 Å². The smallest absolute Gasteiger partial charge is 0.261 e. The second kappa shape index (κ2) is 11.8. The van der Waals surface area contributed by atoms with E-state index in [0.717, 1.165) is 54.8 Å². The first kappa shape index (κ1) is 28.7. The lowest BCUT2D eigenvalue weighted by molar-refractivity contribution is -0.118. The number of nitrogen functional groups attached to an aromatic ring is 1. The lowest BCUT2D eigenvalue weighted by Crippen LogP contribution is -2.45. The summed E-state index contributed by atoms with van der Waals surface area (Å²) >= 11 is 0.